The molecule has 1 saturated carbocycles. The number of Topliss-reactive ketones (excluding diaryl/α,β-unsaturated/α-hetero) is 1. The molecule has 0 aromatic heterocycles. The highest BCUT2D eigenvalue weighted by atomic mass is 16.6. The van der Waals surface area contributed by atoms with Gasteiger partial charge in [0.15, 0.2) is 5.78 Å². The SMILES string of the molecule is C[C@@H](NC(=O)OC(C)(C)C)C(=O)N1CCN(CC[C@H](Oc2ccc(C(=O)C3CC3)cc2)c2ccccc2)CC1. The van der Waals surface area contributed by atoms with Crippen LogP contribution in [-0.2, 0) is 9.53 Å². The third-order valence-electron chi connectivity index (χ3n) is 7.03. The highest BCUT2D eigenvalue weighted by Crippen LogP contribution is 2.33. The van der Waals surface area contributed by atoms with E-state index in [1.165, 1.54) is 0 Å². The zero-order valence-corrected chi connectivity index (χ0v) is 23.5. The average molecular weight is 536 g/mol. The number of amides is 2. The van der Waals surface area contributed by atoms with Crippen molar-refractivity contribution >= 4 is 17.8 Å². The summed E-state index contributed by atoms with van der Waals surface area (Å²) in [6.07, 6.45) is 2.07. The van der Waals surface area contributed by atoms with Crippen molar-refractivity contribution in [2.45, 2.75) is 64.7 Å². The van der Waals surface area contributed by atoms with E-state index in [1.54, 1.807) is 32.6 Å². The minimum Gasteiger partial charge on any atom is -0.486 e. The van der Waals surface area contributed by atoms with E-state index in [9.17, 15) is 14.4 Å². The largest absolute Gasteiger partial charge is 0.486 e. The standard InChI is InChI=1S/C31H41N3O5/c1-22(32-30(37)39-31(2,3)4)29(36)34-20-18-33(19-21-34)17-16-27(23-8-6-5-7-9-23)38-26-14-12-25(13-15-26)28(35)24-10-11-24/h5-9,12-15,22,24,27H,10-11,16-21H2,1-4H3,(H,32,37)/t22-,27+/m1/s1. The zero-order chi connectivity index (χ0) is 28.0. The van der Waals surface area contributed by atoms with Crippen LogP contribution in [-0.4, -0.2) is 72.0 Å². The minimum atomic E-state index is -0.645. The van der Waals surface area contributed by atoms with Crippen molar-refractivity contribution in [3.63, 3.8) is 0 Å². The van der Waals surface area contributed by atoms with Crippen LogP contribution < -0.4 is 10.1 Å². The van der Waals surface area contributed by atoms with Crippen LogP contribution >= 0.6 is 0 Å². The molecule has 2 aliphatic rings. The quantitative estimate of drug-likeness (QED) is 0.438. The molecule has 2 aromatic rings. The van der Waals surface area contributed by atoms with E-state index in [0.717, 1.165) is 55.8 Å². The molecule has 0 radical (unpaired) electrons. The lowest BCUT2D eigenvalue weighted by molar-refractivity contribution is -0.134. The number of carbonyl (C=O) groups excluding carboxylic acids is 3. The molecule has 39 heavy (non-hydrogen) atoms. The van der Waals surface area contributed by atoms with E-state index in [4.69, 9.17) is 9.47 Å². The molecule has 4 rings (SSSR count). The van der Waals surface area contributed by atoms with Crippen LogP contribution in [0.15, 0.2) is 54.6 Å². The fraction of sp³-hybridized carbons (Fsp3) is 0.516. The molecule has 210 valence electrons. The number of hydrogen-bond acceptors (Lipinski definition) is 6. The van der Waals surface area contributed by atoms with Crippen molar-refractivity contribution in [1.29, 1.82) is 0 Å². The number of hydrogen-bond donors (Lipinski definition) is 1. The van der Waals surface area contributed by atoms with Crippen molar-refractivity contribution < 1.29 is 23.9 Å². The van der Waals surface area contributed by atoms with Crippen LogP contribution in [0.3, 0.4) is 0 Å². The molecule has 1 saturated heterocycles. The van der Waals surface area contributed by atoms with Crippen LogP contribution in [0, 0.1) is 5.92 Å². The fourth-order valence-corrected chi connectivity index (χ4v) is 4.72. The number of piperazine rings is 1. The molecule has 1 heterocycles. The summed E-state index contributed by atoms with van der Waals surface area (Å²) in [6, 6.07) is 17.0. The number of nitrogens with one attached hydrogen (secondary N) is 1. The molecular formula is C31H41N3O5. The van der Waals surface area contributed by atoms with Crippen LogP contribution in [0.5, 0.6) is 5.75 Å². The Kier molecular flexibility index (Phi) is 9.28. The van der Waals surface area contributed by atoms with Gasteiger partial charge in [0.1, 0.15) is 23.5 Å². The van der Waals surface area contributed by atoms with Gasteiger partial charge in [-0.1, -0.05) is 30.3 Å². The maximum Gasteiger partial charge on any atom is 0.408 e. The Morgan fingerprint density at radius 2 is 1.59 bits per heavy atom. The molecule has 0 bridgehead atoms. The first-order valence-electron chi connectivity index (χ1n) is 14.0. The number of ketones is 1. The molecule has 1 aliphatic heterocycles. The third-order valence-corrected chi connectivity index (χ3v) is 7.03. The van der Waals surface area contributed by atoms with Crippen molar-refractivity contribution in [3.8, 4) is 5.75 Å². The summed E-state index contributed by atoms with van der Waals surface area (Å²) in [6.45, 7) is 10.6. The Labute approximate surface area is 231 Å². The van der Waals surface area contributed by atoms with E-state index in [1.807, 2.05) is 42.5 Å². The van der Waals surface area contributed by atoms with Crippen LogP contribution in [0.2, 0.25) is 0 Å². The average Bonchev–Trinajstić information content (AvgIpc) is 3.76. The van der Waals surface area contributed by atoms with Gasteiger partial charge in [-0.25, -0.2) is 4.79 Å². The number of benzene rings is 2. The number of carbonyl (C=O) groups is 3. The van der Waals surface area contributed by atoms with Gasteiger partial charge in [0.2, 0.25) is 5.91 Å². The minimum absolute atomic E-state index is 0.102. The lowest BCUT2D eigenvalue weighted by Gasteiger charge is -2.36. The van der Waals surface area contributed by atoms with E-state index < -0.39 is 17.7 Å². The first kappa shape index (κ1) is 28.6. The summed E-state index contributed by atoms with van der Waals surface area (Å²) in [5, 5.41) is 2.64. The smallest absolute Gasteiger partial charge is 0.408 e. The summed E-state index contributed by atoms with van der Waals surface area (Å²) in [7, 11) is 0. The van der Waals surface area contributed by atoms with Gasteiger partial charge in [-0.05, 0) is 70.4 Å². The number of rotatable bonds is 10. The highest BCUT2D eigenvalue weighted by molar-refractivity contribution is 5.99. The van der Waals surface area contributed by atoms with Gasteiger partial charge in [-0.15, -0.1) is 0 Å². The molecule has 1 aliphatic carbocycles. The lowest BCUT2D eigenvalue weighted by Crippen LogP contribution is -2.54. The Morgan fingerprint density at radius 3 is 2.18 bits per heavy atom. The molecule has 1 N–H and O–H groups in total. The van der Waals surface area contributed by atoms with Crippen molar-refractivity contribution in [3.05, 3.63) is 65.7 Å². The number of nitrogens with zero attached hydrogens (tertiary/aromatic N) is 2. The summed E-state index contributed by atoms with van der Waals surface area (Å²) >= 11 is 0. The molecule has 8 nitrogen and oxygen atoms in total. The van der Waals surface area contributed by atoms with E-state index >= 15 is 0 Å². The van der Waals surface area contributed by atoms with E-state index in [2.05, 4.69) is 22.3 Å². The molecule has 2 fully saturated rings. The Bertz CT molecular complexity index is 1120. The van der Waals surface area contributed by atoms with Gasteiger partial charge in [0, 0.05) is 50.6 Å². The molecular weight excluding hydrogens is 494 g/mol. The van der Waals surface area contributed by atoms with Gasteiger partial charge in [0.25, 0.3) is 0 Å². The lowest BCUT2D eigenvalue weighted by atomic mass is 10.1. The second-order valence-corrected chi connectivity index (χ2v) is 11.5. The third kappa shape index (κ3) is 8.55. The van der Waals surface area contributed by atoms with Crippen molar-refractivity contribution in [2.75, 3.05) is 32.7 Å². The maximum absolute atomic E-state index is 12.9. The highest BCUT2D eigenvalue weighted by Gasteiger charge is 2.30. The second-order valence-electron chi connectivity index (χ2n) is 11.5. The zero-order valence-electron chi connectivity index (χ0n) is 23.5. The second kappa shape index (κ2) is 12.6. The Balaban J connectivity index is 1.28. The van der Waals surface area contributed by atoms with Crippen LogP contribution in [0.1, 0.15) is 69.0 Å². The molecule has 2 aromatic carbocycles. The van der Waals surface area contributed by atoms with Gasteiger partial charge >= 0.3 is 6.09 Å². The number of ether oxygens (including phenoxy) is 2. The predicted octanol–water partition coefficient (Wildman–Crippen LogP) is 4.85. The normalized spacial score (nSPS) is 17.7. The number of alkyl carbamates (subject to hydrolysis) is 1. The van der Waals surface area contributed by atoms with Crippen LogP contribution in [0.25, 0.3) is 0 Å². The summed E-state index contributed by atoms with van der Waals surface area (Å²) in [4.78, 5) is 41.4. The Hall–Kier alpha value is -3.39. The van der Waals surface area contributed by atoms with Gasteiger partial charge in [-0.3, -0.25) is 14.5 Å². The fourth-order valence-electron chi connectivity index (χ4n) is 4.72. The first-order valence-corrected chi connectivity index (χ1v) is 14.0. The predicted molar refractivity (Wildman–Crippen MR) is 150 cm³/mol. The summed E-state index contributed by atoms with van der Waals surface area (Å²) in [5.41, 5.74) is 1.24. The van der Waals surface area contributed by atoms with Gasteiger partial charge in [-0.2, -0.15) is 0 Å². The molecule has 8 heteroatoms. The molecule has 0 spiro atoms. The molecule has 2 atom stereocenters. The van der Waals surface area contributed by atoms with E-state index in [-0.39, 0.29) is 23.7 Å². The topological polar surface area (TPSA) is 88.2 Å². The van der Waals surface area contributed by atoms with E-state index in [0.29, 0.717) is 13.1 Å². The van der Waals surface area contributed by atoms with Crippen molar-refractivity contribution in [1.82, 2.24) is 15.1 Å². The van der Waals surface area contributed by atoms with Gasteiger partial charge in [0.05, 0.1) is 0 Å². The summed E-state index contributed by atoms with van der Waals surface area (Å²) < 4.78 is 11.7. The van der Waals surface area contributed by atoms with Crippen LogP contribution in [0.4, 0.5) is 4.79 Å². The monoisotopic (exact) mass is 535 g/mol. The summed E-state index contributed by atoms with van der Waals surface area (Å²) in [5.74, 6) is 1.08. The first-order chi connectivity index (χ1) is 18.6. The van der Waals surface area contributed by atoms with Crippen molar-refractivity contribution in [2.24, 2.45) is 5.92 Å². The molecule has 0 unspecified atom stereocenters. The Morgan fingerprint density at radius 1 is 0.949 bits per heavy atom. The maximum atomic E-state index is 12.9. The molecule has 2 amide bonds. The van der Waals surface area contributed by atoms with Gasteiger partial charge < -0.3 is 19.7 Å².